The normalized spacial score (nSPS) is 13.3. The van der Waals surface area contributed by atoms with Crippen LogP contribution in [0, 0.1) is 0 Å². The first-order chi connectivity index (χ1) is 23.1. The zero-order valence-corrected chi connectivity index (χ0v) is 25.3. The fourth-order valence-electron chi connectivity index (χ4n) is 6.22. The fourth-order valence-corrected chi connectivity index (χ4v) is 6.22. The van der Waals surface area contributed by atoms with Gasteiger partial charge in [0.2, 0.25) is 6.33 Å². The maximum absolute atomic E-state index is 7.71. The summed E-state index contributed by atoms with van der Waals surface area (Å²) < 4.78 is 37.2. The third kappa shape index (κ3) is 4.57. The van der Waals surface area contributed by atoms with Gasteiger partial charge in [-0.3, -0.25) is 4.57 Å². The number of aromatic nitrogens is 5. The second-order valence-electron chi connectivity index (χ2n) is 12.4. The van der Waals surface area contributed by atoms with Gasteiger partial charge in [0.1, 0.15) is 35.4 Å². The first-order valence-electron chi connectivity index (χ1n) is 16.5. The molecule has 6 heteroatoms. The topological polar surface area (TPSA) is 40.8 Å². The van der Waals surface area contributed by atoms with Crippen molar-refractivity contribution in [3.8, 4) is 28.7 Å². The van der Waals surface area contributed by atoms with Crippen LogP contribution in [0.1, 0.15) is 30.4 Å². The van der Waals surface area contributed by atoms with Crippen LogP contribution in [0.3, 0.4) is 0 Å². The van der Waals surface area contributed by atoms with Crippen LogP contribution in [0.4, 0.5) is 0 Å². The van der Waals surface area contributed by atoms with E-state index >= 15 is 0 Å². The Morgan fingerprint density at radius 1 is 0.711 bits per heavy atom. The van der Waals surface area contributed by atoms with Gasteiger partial charge >= 0.3 is 0 Å². The van der Waals surface area contributed by atoms with Crippen molar-refractivity contribution in [1.82, 2.24) is 18.7 Å². The van der Waals surface area contributed by atoms with Gasteiger partial charge in [-0.25, -0.2) is 14.1 Å². The zero-order valence-electron chi connectivity index (χ0n) is 28.3. The third-order valence-corrected chi connectivity index (χ3v) is 8.38. The van der Waals surface area contributed by atoms with E-state index in [-0.39, 0.29) is 5.41 Å². The maximum Gasteiger partial charge on any atom is 0.248 e. The van der Waals surface area contributed by atoms with Gasteiger partial charge in [0.15, 0.2) is 0 Å². The SMILES string of the molecule is [2H]C([2H])([2H])[n+]1ccn(-c2cccc(Oc3ccc4c(c3)n(-c3cc(C(C)(C)C)ccn3)c3c5ccccc5n(-c5ccccc5)c43)c2)c1. The minimum atomic E-state index is -2.25. The van der Waals surface area contributed by atoms with Crippen molar-refractivity contribution in [2.24, 2.45) is 6.98 Å². The molecule has 0 aliphatic carbocycles. The van der Waals surface area contributed by atoms with Crippen LogP contribution in [0.2, 0.25) is 0 Å². The number of para-hydroxylation sites is 2. The lowest BCUT2D eigenvalue weighted by molar-refractivity contribution is -0.670. The highest BCUT2D eigenvalue weighted by Crippen LogP contribution is 2.42. The van der Waals surface area contributed by atoms with E-state index in [0.29, 0.717) is 11.5 Å². The molecule has 6 nitrogen and oxygen atoms in total. The molecule has 0 spiro atoms. The number of ether oxygens (including phenoxy) is 1. The molecule has 4 aromatic carbocycles. The summed E-state index contributed by atoms with van der Waals surface area (Å²) in [6, 6.07) is 37.1. The summed E-state index contributed by atoms with van der Waals surface area (Å²) in [5.41, 5.74) is 7.30. The Labute approximate surface area is 266 Å². The lowest BCUT2D eigenvalue weighted by Crippen LogP contribution is -2.23. The summed E-state index contributed by atoms with van der Waals surface area (Å²) in [7, 11) is 0. The Bertz CT molecular complexity index is 2460. The first-order valence-corrected chi connectivity index (χ1v) is 15.0. The first kappa shape index (κ1) is 23.8. The smallest absolute Gasteiger partial charge is 0.248 e. The molecule has 0 atom stereocenters. The Morgan fingerprint density at radius 2 is 1.47 bits per heavy atom. The number of hydrogen-bond acceptors (Lipinski definition) is 2. The van der Waals surface area contributed by atoms with Crippen LogP contribution < -0.4 is 9.30 Å². The average molecular weight is 592 g/mol. The molecule has 4 aromatic heterocycles. The molecule has 0 amide bonds. The van der Waals surface area contributed by atoms with E-state index in [1.165, 1.54) is 10.1 Å². The molecule has 8 rings (SSSR count). The van der Waals surface area contributed by atoms with E-state index < -0.39 is 6.98 Å². The molecule has 0 aliphatic rings. The van der Waals surface area contributed by atoms with Gasteiger partial charge in [-0.1, -0.05) is 63.2 Å². The molecular weight excluding hydrogens is 554 g/mol. The van der Waals surface area contributed by atoms with Gasteiger partial charge < -0.3 is 9.30 Å². The summed E-state index contributed by atoms with van der Waals surface area (Å²) in [5.74, 6) is 2.15. The fraction of sp³-hybridized carbons (Fsp3) is 0.128. The predicted octanol–water partition coefficient (Wildman–Crippen LogP) is 8.83. The van der Waals surface area contributed by atoms with Crippen molar-refractivity contribution < 1.29 is 13.4 Å². The quantitative estimate of drug-likeness (QED) is 0.188. The standard InChI is InChI=1S/C39H34N5O/c1-39(2,3)27-19-20-40-36(23-27)44-35-25-31(45-30-14-10-13-29(24-30)42-22-21-41(4)26-42)17-18-33(35)37-38(44)32-15-8-9-16-34(32)43(37)28-11-6-5-7-12-28/h5-26H,1-4H3/q+1/i4D3. The molecule has 0 radical (unpaired) electrons. The summed E-state index contributed by atoms with van der Waals surface area (Å²) in [5, 5.41) is 2.21. The molecule has 0 N–H and O–H groups in total. The van der Waals surface area contributed by atoms with Gasteiger partial charge in [0, 0.05) is 34.8 Å². The van der Waals surface area contributed by atoms with Gasteiger partial charge in [0.25, 0.3) is 0 Å². The van der Waals surface area contributed by atoms with Crippen molar-refractivity contribution in [2.75, 3.05) is 0 Å². The molecule has 0 aliphatic heterocycles. The van der Waals surface area contributed by atoms with E-state index in [1.54, 1.807) is 23.3 Å². The molecular formula is C39H34N5O+. The second kappa shape index (κ2) is 10.2. The van der Waals surface area contributed by atoms with Crippen LogP contribution in [-0.2, 0) is 12.4 Å². The molecule has 45 heavy (non-hydrogen) atoms. The second-order valence-corrected chi connectivity index (χ2v) is 12.4. The monoisotopic (exact) mass is 591 g/mol. The molecule has 0 saturated heterocycles. The number of aryl methyl sites for hydroxylation is 1. The number of pyridine rings is 1. The molecule has 0 saturated carbocycles. The van der Waals surface area contributed by atoms with Crippen molar-refractivity contribution in [1.29, 1.82) is 0 Å². The number of fused-ring (bicyclic) bond motifs is 5. The van der Waals surface area contributed by atoms with Crippen LogP contribution in [0.5, 0.6) is 11.5 Å². The number of hydrogen-bond donors (Lipinski definition) is 0. The van der Waals surface area contributed by atoms with Gasteiger partial charge in [0.05, 0.1) is 33.2 Å². The van der Waals surface area contributed by atoms with Crippen LogP contribution in [0.25, 0.3) is 50.0 Å². The van der Waals surface area contributed by atoms with E-state index in [1.807, 2.05) is 42.6 Å². The van der Waals surface area contributed by atoms with Crippen LogP contribution in [0.15, 0.2) is 134 Å². The van der Waals surface area contributed by atoms with E-state index in [2.05, 4.69) is 103 Å². The number of rotatable bonds is 5. The van der Waals surface area contributed by atoms with Crippen molar-refractivity contribution in [3.05, 3.63) is 140 Å². The predicted molar refractivity (Wildman–Crippen MR) is 181 cm³/mol. The Balaban J connectivity index is 1.33. The number of benzene rings is 4. The Morgan fingerprint density at radius 3 is 2.29 bits per heavy atom. The van der Waals surface area contributed by atoms with Crippen molar-refractivity contribution in [2.45, 2.75) is 26.2 Å². The number of nitrogens with zero attached hydrogens (tertiary/aromatic N) is 5. The summed E-state index contributed by atoms with van der Waals surface area (Å²) in [4.78, 5) is 4.93. The summed E-state index contributed by atoms with van der Waals surface area (Å²) >= 11 is 0. The Kier molecular flexibility index (Phi) is 5.41. The van der Waals surface area contributed by atoms with E-state index in [9.17, 15) is 0 Å². The Hall–Kier alpha value is -5.62. The lowest BCUT2D eigenvalue weighted by Gasteiger charge is -2.20. The summed E-state index contributed by atoms with van der Waals surface area (Å²) in [6.45, 7) is 4.40. The number of imidazole rings is 1. The van der Waals surface area contributed by atoms with Gasteiger partial charge in [-0.15, -0.1) is 0 Å². The summed E-state index contributed by atoms with van der Waals surface area (Å²) in [6.07, 6.45) is 6.72. The highest BCUT2D eigenvalue weighted by molar-refractivity contribution is 6.20. The van der Waals surface area contributed by atoms with Gasteiger partial charge in [-0.2, -0.15) is 0 Å². The minimum absolute atomic E-state index is 0.0560. The molecule has 4 heterocycles. The molecule has 0 fully saturated rings. The van der Waals surface area contributed by atoms with Crippen molar-refractivity contribution >= 4 is 32.8 Å². The van der Waals surface area contributed by atoms with Crippen molar-refractivity contribution in [3.63, 3.8) is 0 Å². The highest BCUT2D eigenvalue weighted by atomic mass is 16.5. The molecule has 220 valence electrons. The molecule has 0 unspecified atom stereocenters. The van der Waals surface area contributed by atoms with Gasteiger partial charge in [-0.05, 0) is 65.6 Å². The maximum atomic E-state index is 7.71. The highest BCUT2D eigenvalue weighted by Gasteiger charge is 2.24. The van der Waals surface area contributed by atoms with Crippen LogP contribution >= 0.6 is 0 Å². The van der Waals surface area contributed by atoms with E-state index in [4.69, 9.17) is 13.8 Å². The average Bonchev–Trinajstić information content (AvgIpc) is 3.78. The van der Waals surface area contributed by atoms with Crippen LogP contribution in [-0.4, -0.2) is 18.7 Å². The zero-order chi connectivity index (χ0) is 33.2. The lowest BCUT2D eigenvalue weighted by atomic mass is 9.88. The third-order valence-electron chi connectivity index (χ3n) is 8.38. The molecule has 8 aromatic rings. The van der Waals surface area contributed by atoms with E-state index in [0.717, 1.165) is 50.0 Å². The largest absolute Gasteiger partial charge is 0.457 e. The minimum Gasteiger partial charge on any atom is -0.457 e. The molecule has 0 bridgehead atoms.